The number of amides is 1. The van der Waals surface area contributed by atoms with Gasteiger partial charge in [-0.2, -0.15) is 5.10 Å². The average molecular weight is 351 g/mol. The fourth-order valence-electron chi connectivity index (χ4n) is 3.91. The van der Waals surface area contributed by atoms with Crippen molar-refractivity contribution in [1.29, 1.82) is 0 Å². The van der Waals surface area contributed by atoms with Crippen LogP contribution in [0.5, 0.6) is 0 Å². The lowest BCUT2D eigenvalue weighted by Gasteiger charge is -2.30. The topological polar surface area (TPSA) is 64.7 Å². The van der Waals surface area contributed by atoms with Crippen molar-refractivity contribution in [3.05, 3.63) is 49.1 Å². The van der Waals surface area contributed by atoms with Crippen LogP contribution in [-0.2, 0) is 11.3 Å². The highest BCUT2D eigenvalue weighted by atomic mass is 16.1. The number of rotatable bonds is 6. The Morgan fingerprint density at radius 1 is 1.12 bits per heavy atom. The molecule has 0 aliphatic heterocycles. The summed E-state index contributed by atoms with van der Waals surface area (Å²) in [5.74, 6) is 0.161. The molecule has 1 aliphatic carbocycles. The van der Waals surface area contributed by atoms with Gasteiger partial charge in [0.2, 0.25) is 5.91 Å². The van der Waals surface area contributed by atoms with E-state index in [0.29, 0.717) is 18.5 Å². The average Bonchev–Trinajstić information content (AvgIpc) is 3.32. The van der Waals surface area contributed by atoms with E-state index in [0.717, 1.165) is 44.3 Å². The molecule has 6 heteroatoms. The van der Waals surface area contributed by atoms with Crippen molar-refractivity contribution in [2.45, 2.75) is 57.2 Å². The van der Waals surface area contributed by atoms with Gasteiger partial charge < -0.3 is 9.88 Å². The largest absolute Gasteiger partial charge is 0.353 e. The van der Waals surface area contributed by atoms with Crippen LogP contribution >= 0.6 is 0 Å². The van der Waals surface area contributed by atoms with Crippen molar-refractivity contribution < 1.29 is 4.79 Å². The first-order chi connectivity index (χ1) is 12.8. The molecule has 0 saturated heterocycles. The molecule has 0 unspecified atom stereocenters. The lowest BCUT2D eigenvalue weighted by atomic mass is 9.91. The summed E-state index contributed by atoms with van der Waals surface area (Å²) in [5.41, 5.74) is 1.07. The summed E-state index contributed by atoms with van der Waals surface area (Å²) in [4.78, 5) is 16.7. The highest BCUT2D eigenvalue weighted by Crippen LogP contribution is 2.31. The van der Waals surface area contributed by atoms with E-state index >= 15 is 0 Å². The van der Waals surface area contributed by atoms with E-state index in [1.54, 1.807) is 6.20 Å². The van der Waals surface area contributed by atoms with Crippen LogP contribution in [-0.4, -0.2) is 31.3 Å². The lowest BCUT2D eigenvalue weighted by Crippen LogP contribution is -2.37. The van der Waals surface area contributed by atoms with E-state index in [1.807, 2.05) is 29.2 Å². The molecule has 1 amide bonds. The van der Waals surface area contributed by atoms with Crippen LogP contribution in [0, 0.1) is 0 Å². The summed E-state index contributed by atoms with van der Waals surface area (Å²) >= 11 is 0. The fourth-order valence-corrected chi connectivity index (χ4v) is 3.91. The molecule has 1 N–H and O–H groups in total. The van der Waals surface area contributed by atoms with Gasteiger partial charge in [0.25, 0.3) is 0 Å². The number of carbonyl (C=O) groups is 1. The molecule has 26 heavy (non-hydrogen) atoms. The number of hydrogen-bond donors (Lipinski definition) is 1. The third-order valence-corrected chi connectivity index (χ3v) is 5.28. The molecule has 3 aromatic heterocycles. The summed E-state index contributed by atoms with van der Waals surface area (Å²) in [6, 6.07) is 8.91. The van der Waals surface area contributed by atoms with Gasteiger partial charge in [0.1, 0.15) is 5.65 Å². The van der Waals surface area contributed by atoms with E-state index in [9.17, 15) is 4.79 Å². The van der Waals surface area contributed by atoms with Gasteiger partial charge in [-0.15, -0.1) is 0 Å². The standard InChI is InChI=1S/C20H25N5O/c26-19(5-2-13-24-14-3-12-22-24)23-17-6-8-18(9-7-17)25-15-10-16-4-1-11-21-20(16)25/h1,3-4,10-12,14-15,17-18H,2,5-9,13H2,(H,23,26). The van der Waals surface area contributed by atoms with E-state index in [1.165, 1.54) is 5.39 Å². The number of carbonyl (C=O) groups excluding carboxylic acids is 1. The van der Waals surface area contributed by atoms with E-state index in [4.69, 9.17) is 0 Å². The summed E-state index contributed by atoms with van der Waals surface area (Å²) in [6.07, 6.45) is 13.3. The second-order valence-corrected chi connectivity index (χ2v) is 7.08. The van der Waals surface area contributed by atoms with Crippen molar-refractivity contribution in [3.8, 4) is 0 Å². The van der Waals surface area contributed by atoms with E-state index in [-0.39, 0.29) is 5.91 Å². The van der Waals surface area contributed by atoms with Crippen LogP contribution in [0.4, 0.5) is 0 Å². The smallest absolute Gasteiger partial charge is 0.220 e. The Labute approximate surface area is 153 Å². The third kappa shape index (κ3) is 3.79. The maximum absolute atomic E-state index is 12.2. The Hall–Kier alpha value is -2.63. The lowest BCUT2D eigenvalue weighted by molar-refractivity contribution is -0.122. The molecule has 0 atom stereocenters. The van der Waals surface area contributed by atoms with Crippen LogP contribution in [0.25, 0.3) is 11.0 Å². The van der Waals surface area contributed by atoms with Gasteiger partial charge in [0.15, 0.2) is 0 Å². The Bertz CT molecular complexity index is 846. The first kappa shape index (κ1) is 16.8. The zero-order valence-corrected chi connectivity index (χ0v) is 14.9. The van der Waals surface area contributed by atoms with Gasteiger partial charge in [0.05, 0.1) is 0 Å². The number of aromatic nitrogens is 4. The molecule has 0 bridgehead atoms. The molecular weight excluding hydrogens is 326 g/mol. The Kier molecular flexibility index (Phi) is 5.00. The first-order valence-corrected chi connectivity index (χ1v) is 9.48. The zero-order chi connectivity index (χ0) is 17.8. The van der Waals surface area contributed by atoms with E-state index < -0.39 is 0 Å². The quantitative estimate of drug-likeness (QED) is 0.741. The third-order valence-electron chi connectivity index (χ3n) is 5.28. The number of aryl methyl sites for hydroxylation is 1. The SMILES string of the molecule is O=C(CCCn1cccn1)NC1CCC(n2ccc3cccnc32)CC1. The molecule has 6 nitrogen and oxygen atoms in total. The number of fused-ring (bicyclic) bond motifs is 1. The zero-order valence-electron chi connectivity index (χ0n) is 14.9. The molecule has 1 fully saturated rings. The second kappa shape index (κ2) is 7.72. The molecule has 1 saturated carbocycles. The monoisotopic (exact) mass is 351 g/mol. The van der Waals surface area contributed by atoms with Crippen molar-refractivity contribution in [3.63, 3.8) is 0 Å². The van der Waals surface area contributed by atoms with Gasteiger partial charge in [-0.05, 0) is 56.4 Å². The Morgan fingerprint density at radius 2 is 2.00 bits per heavy atom. The molecular formula is C20H25N5O. The minimum Gasteiger partial charge on any atom is -0.353 e. The van der Waals surface area contributed by atoms with Crippen LogP contribution in [0.3, 0.4) is 0 Å². The number of nitrogens with zero attached hydrogens (tertiary/aromatic N) is 4. The van der Waals surface area contributed by atoms with Gasteiger partial charge in [0, 0.05) is 55.2 Å². The van der Waals surface area contributed by atoms with Gasteiger partial charge in [-0.3, -0.25) is 9.48 Å². The highest BCUT2D eigenvalue weighted by Gasteiger charge is 2.24. The van der Waals surface area contributed by atoms with Crippen molar-refractivity contribution >= 4 is 16.9 Å². The van der Waals surface area contributed by atoms with Crippen molar-refractivity contribution in [2.75, 3.05) is 0 Å². The number of nitrogens with one attached hydrogen (secondary N) is 1. The predicted octanol–water partition coefficient (Wildman–Crippen LogP) is 3.31. The second-order valence-electron chi connectivity index (χ2n) is 7.08. The summed E-state index contributed by atoms with van der Waals surface area (Å²) in [5, 5.41) is 8.56. The van der Waals surface area contributed by atoms with Crippen LogP contribution in [0.15, 0.2) is 49.1 Å². The van der Waals surface area contributed by atoms with Gasteiger partial charge in [-0.25, -0.2) is 4.98 Å². The Balaban J connectivity index is 1.24. The van der Waals surface area contributed by atoms with Crippen LogP contribution < -0.4 is 5.32 Å². The maximum Gasteiger partial charge on any atom is 0.220 e. The summed E-state index contributed by atoms with van der Waals surface area (Å²) < 4.78 is 4.17. The molecule has 136 valence electrons. The minimum absolute atomic E-state index is 0.161. The molecule has 4 rings (SSSR count). The maximum atomic E-state index is 12.2. The summed E-state index contributed by atoms with van der Waals surface area (Å²) in [6.45, 7) is 0.793. The predicted molar refractivity (Wildman–Crippen MR) is 101 cm³/mol. The first-order valence-electron chi connectivity index (χ1n) is 9.48. The normalized spacial score (nSPS) is 20.3. The molecule has 3 heterocycles. The van der Waals surface area contributed by atoms with Crippen LogP contribution in [0.1, 0.15) is 44.6 Å². The number of pyridine rings is 1. The molecule has 0 radical (unpaired) electrons. The van der Waals surface area contributed by atoms with Crippen molar-refractivity contribution in [1.82, 2.24) is 24.6 Å². The minimum atomic E-state index is 0.161. The fraction of sp³-hybridized carbons (Fsp3) is 0.450. The van der Waals surface area contributed by atoms with Gasteiger partial charge in [-0.1, -0.05) is 0 Å². The van der Waals surface area contributed by atoms with Crippen molar-refractivity contribution in [2.24, 2.45) is 0 Å². The molecule has 3 aromatic rings. The molecule has 0 aromatic carbocycles. The molecule has 1 aliphatic rings. The Morgan fingerprint density at radius 3 is 2.81 bits per heavy atom. The highest BCUT2D eigenvalue weighted by molar-refractivity contribution is 5.76. The summed E-state index contributed by atoms with van der Waals surface area (Å²) in [7, 11) is 0. The van der Waals surface area contributed by atoms with Gasteiger partial charge >= 0.3 is 0 Å². The van der Waals surface area contributed by atoms with E-state index in [2.05, 4.69) is 38.3 Å². The van der Waals surface area contributed by atoms with Crippen LogP contribution in [0.2, 0.25) is 0 Å². The molecule has 0 spiro atoms. The number of hydrogen-bond acceptors (Lipinski definition) is 3.